The van der Waals surface area contributed by atoms with Gasteiger partial charge in [-0.2, -0.15) is 0 Å². The molecule has 1 aromatic rings. The van der Waals surface area contributed by atoms with Crippen molar-refractivity contribution in [3.63, 3.8) is 0 Å². The van der Waals surface area contributed by atoms with E-state index < -0.39 is 0 Å². The highest BCUT2D eigenvalue weighted by Crippen LogP contribution is 2.25. The third-order valence-corrected chi connectivity index (χ3v) is 4.07. The molecular weight excluding hydrogens is 260 g/mol. The Morgan fingerprint density at radius 1 is 1.14 bits per heavy atom. The van der Waals surface area contributed by atoms with Crippen LogP contribution in [0.25, 0.3) is 0 Å². The predicted octanol–water partition coefficient (Wildman–Crippen LogP) is 2.33. The minimum absolute atomic E-state index is 0.241. The van der Waals surface area contributed by atoms with E-state index in [0.717, 1.165) is 32.1 Å². The zero-order valence-electron chi connectivity index (χ0n) is 13.3. The van der Waals surface area contributed by atoms with Gasteiger partial charge in [-0.3, -0.25) is 10.3 Å². The summed E-state index contributed by atoms with van der Waals surface area (Å²) in [4.78, 5) is 5.02. The smallest absolute Gasteiger partial charge is 0.0924 e. The molecule has 1 aromatic carbocycles. The molecule has 0 aliphatic carbocycles. The van der Waals surface area contributed by atoms with Gasteiger partial charge in [0.05, 0.1) is 5.84 Å². The van der Waals surface area contributed by atoms with Crippen LogP contribution in [0, 0.1) is 11.3 Å². The summed E-state index contributed by atoms with van der Waals surface area (Å²) in [6.07, 6.45) is 0.619. The van der Waals surface area contributed by atoms with E-state index in [2.05, 4.69) is 47.9 Å². The number of benzene rings is 1. The van der Waals surface area contributed by atoms with Gasteiger partial charge < -0.3 is 10.6 Å². The number of amidine groups is 1. The van der Waals surface area contributed by atoms with Crippen LogP contribution >= 0.6 is 0 Å². The van der Waals surface area contributed by atoms with Crippen LogP contribution in [-0.4, -0.2) is 48.4 Å². The summed E-state index contributed by atoms with van der Waals surface area (Å²) in [5.41, 5.74) is 6.95. The minimum Gasteiger partial charge on any atom is -0.388 e. The van der Waals surface area contributed by atoms with Crippen molar-refractivity contribution in [1.29, 1.82) is 5.41 Å². The molecule has 1 fully saturated rings. The van der Waals surface area contributed by atoms with E-state index in [1.54, 1.807) is 0 Å². The molecule has 0 spiro atoms. The summed E-state index contributed by atoms with van der Waals surface area (Å²) in [7, 11) is 0. The zero-order chi connectivity index (χ0) is 15.2. The summed E-state index contributed by atoms with van der Waals surface area (Å²) in [6, 6.07) is 10.7. The molecule has 3 N–H and O–H groups in total. The molecule has 116 valence electrons. The molecule has 0 saturated carbocycles. The van der Waals surface area contributed by atoms with Crippen LogP contribution in [-0.2, 0) is 0 Å². The van der Waals surface area contributed by atoms with Crippen molar-refractivity contribution < 1.29 is 0 Å². The van der Waals surface area contributed by atoms with Crippen LogP contribution in [0.5, 0.6) is 0 Å². The van der Waals surface area contributed by atoms with Gasteiger partial charge in [0.25, 0.3) is 0 Å². The summed E-state index contributed by atoms with van der Waals surface area (Å²) < 4.78 is 0. The fourth-order valence-electron chi connectivity index (χ4n) is 3.12. The Kier molecular flexibility index (Phi) is 5.76. The summed E-state index contributed by atoms with van der Waals surface area (Å²) in [6.45, 7) is 10.1. The third kappa shape index (κ3) is 4.83. The van der Waals surface area contributed by atoms with E-state index in [1.807, 2.05) is 6.07 Å². The van der Waals surface area contributed by atoms with Crippen molar-refractivity contribution in [1.82, 2.24) is 9.80 Å². The second-order valence-electron chi connectivity index (χ2n) is 6.39. The minimum atomic E-state index is 0.241. The second-order valence-corrected chi connectivity index (χ2v) is 6.39. The van der Waals surface area contributed by atoms with Gasteiger partial charge in [0.2, 0.25) is 0 Å². The molecule has 0 radical (unpaired) electrons. The van der Waals surface area contributed by atoms with Crippen molar-refractivity contribution in [2.45, 2.75) is 26.3 Å². The maximum absolute atomic E-state index is 7.67. The zero-order valence-corrected chi connectivity index (χ0v) is 13.3. The van der Waals surface area contributed by atoms with Crippen LogP contribution in [0.4, 0.5) is 0 Å². The standard InChI is InChI=1S/C17H28N4/c1-14(2)13-20-8-10-21(11-9-20)16(12-17(18)19)15-6-4-3-5-7-15/h3-7,14,16H,8-13H2,1-2H3,(H3,18,19). The average Bonchev–Trinajstić information content (AvgIpc) is 2.46. The molecule has 1 saturated heterocycles. The maximum Gasteiger partial charge on any atom is 0.0924 e. The third-order valence-electron chi connectivity index (χ3n) is 4.07. The van der Waals surface area contributed by atoms with E-state index in [-0.39, 0.29) is 11.9 Å². The molecule has 1 unspecified atom stereocenters. The van der Waals surface area contributed by atoms with E-state index in [4.69, 9.17) is 11.1 Å². The van der Waals surface area contributed by atoms with Gasteiger partial charge in [0.15, 0.2) is 0 Å². The van der Waals surface area contributed by atoms with E-state index >= 15 is 0 Å². The monoisotopic (exact) mass is 288 g/mol. The lowest BCUT2D eigenvalue weighted by molar-refractivity contribution is 0.0907. The molecule has 1 heterocycles. The van der Waals surface area contributed by atoms with Crippen LogP contribution in [0.3, 0.4) is 0 Å². The normalized spacial score (nSPS) is 18.8. The highest BCUT2D eigenvalue weighted by molar-refractivity contribution is 5.77. The molecule has 4 heteroatoms. The lowest BCUT2D eigenvalue weighted by Gasteiger charge is -2.40. The molecule has 4 nitrogen and oxygen atoms in total. The van der Waals surface area contributed by atoms with Crippen molar-refractivity contribution in [3.05, 3.63) is 35.9 Å². The molecule has 0 bridgehead atoms. The van der Waals surface area contributed by atoms with Crippen molar-refractivity contribution in [2.75, 3.05) is 32.7 Å². The molecule has 0 aromatic heterocycles. The average molecular weight is 288 g/mol. The Balaban J connectivity index is 2.01. The number of nitrogens with zero attached hydrogens (tertiary/aromatic N) is 2. The molecular formula is C17H28N4. The number of nitrogens with two attached hydrogens (primary N) is 1. The molecule has 1 atom stereocenters. The SMILES string of the molecule is CC(C)CN1CCN(C(CC(=N)N)c2ccccc2)CC1. The first-order valence-electron chi connectivity index (χ1n) is 7.90. The predicted molar refractivity (Wildman–Crippen MR) is 88.6 cm³/mol. The Labute approximate surface area is 128 Å². The maximum atomic E-state index is 7.67. The van der Waals surface area contributed by atoms with Gasteiger partial charge in [-0.1, -0.05) is 44.2 Å². The lowest BCUT2D eigenvalue weighted by Crippen LogP contribution is -2.49. The first kappa shape index (κ1) is 16.0. The number of rotatable bonds is 6. The molecule has 0 amide bonds. The number of hydrogen-bond donors (Lipinski definition) is 2. The highest BCUT2D eigenvalue weighted by Gasteiger charge is 2.25. The Hall–Kier alpha value is -1.39. The Morgan fingerprint density at radius 2 is 1.76 bits per heavy atom. The first-order chi connectivity index (χ1) is 10.1. The molecule has 2 rings (SSSR count). The summed E-state index contributed by atoms with van der Waals surface area (Å²) in [5, 5.41) is 7.67. The number of hydrogen-bond acceptors (Lipinski definition) is 3. The largest absolute Gasteiger partial charge is 0.388 e. The van der Waals surface area contributed by atoms with Crippen LogP contribution in [0.15, 0.2) is 30.3 Å². The summed E-state index contributed by atoms with van der Waals surface area (Å²) >= 11 is 0. The van der Waals surface area contributed by atoms with Gasteiger partial charge in [0.1, 0.15) is 0 Å². The molecule has 21 heavy (non-hydrogen) atoms. The number of nitrogens with one attached hydrogen (secondary N) is 1. The topological polar surface area (TPSA) is 56.4 Å². The van der Waals surface area contributed by atoms with Crippen LogP contribution in [0.2, 0.25) is 0 Å². The fraction of sp³-hybridized carbons (Fsp3) is 0.588. The van der Waals surface area contributed by atoms with Gasteiger partial charge in [0, 0.05) is 45.2 Å². The van der Waals surface area contributed by atoms with Crippen LogP contribution < -0.4 is 5.73 Å². The lowest BCUT2D eigenvalue weighted by atomic mass is 10.0. The molecule has 1 aliphatic heterocycles. The highest BCUT2D eigenvalue weighted by atomic mass is 15.3. The van der Waals surface area contributed by atoms with Gasteiger partial charge in [-0.15, -0.1) is 0 Å². The van der Waals surface area contributed by atoms with Crippen molar-refractivity contribution in [3.8, 4) is 0 Å². The first-order valence-corrected chi connectivity index (χ1v) is 7.90. The van der Waals surface area contributed by atoms with E-state index in [1.165, 1.54) is 12.1 Å². The quantitative estimate of drug-likeness (QED) is 0.624. The van der Waals surface area contributed by atoms with Gasteiger partial charge in [-0.25, -0.2) is 0 Å². The van der Waals surface area contributed by atoms with Crippen molar-refractivity contribution in [2.24, 2.45) is 11.7 Å². The van der Waals surface area contributed by atoms with E-state index in [0.29, 0.717) is 6.42 Å². The Morgan fingerprint density at radius 3 is 2.29 bits per heavy atom. The van der Waals surface area contributed by atoms with Gasteiger partial charge >= 0.3 is 0 Å². The second kappa shape index (κ2) is 7.57. The van der Waals surface area contributed by atoms with Crippen LogP contribution in [0.1, 0.15) is 31.9 Å². The van der Waals surface area contributed by atoms with Gasteiger partial charge in [-0.05, 0) is 11.5 Å². The molecule has 1 aliphatic rings. The van der Waals surface area contributed by atoms with Crippen molar-refractivity contribution >= 4 is 5.84 Å². The Bertz CT molecular complexity index is 435. The number of piperazine rings is 1. The fourth-order valence-corrected chi connectivity index (χ4v) is 3.12. The van der Waals surface area contributed by atoms with E-state index in [9.17, 15) is 0 Å². The summed E-state index contributed by atoms with van der Waals surface area (Å²) in [5.74, 6) is 0.993.